The van der Waals surface area contributed by atoms with Gasteiger partial charge in [-0.2, -0.15) is 5.10 Å². The number of rotatable bonds is 6. The molecule has 0 aliphatic rings. The van der Waals surface area contributed by atoms with Crippen LogP contribution >= 0.6 is 38.5 Å². The predicted molar refractivity (Wildman–Crippen MR) is 94.9 cm³/mol. The molecule has 3 nitrogen and oxygen atoms in total. The van der Waals surface area contributed by atoms with E-state index in [4.69, 9.17) is 0 Å². The lowest BCUT2D eigenvalue weighted by Crippen LogP contribution is -2.26. The van der Waals surface area contributed by atoms with E-state index in [9.17, 15) is 0 Å². The predicted octanol–water partition coefficient (Wildman–Crippen LogP) is 4.36. The number of aromatic nitrogens is 2. The van der Waals surface area contributed by atoms with E-state index in [-0.39, 0.29) is 6.04 Å². The van der Waals surface area contributed by atoms with Crippen molar-refractivity contribution in [3.63, 3.8) is 0 Å². The van der Waals surface area contributed by atoms with Crippen molar-refractivity contribution in [2.45, 2.75) is 32.9 Å². The fraction of sp³-hybridized carbons (Fsp3) is 0.400. The molecule has 2 rings (SSSR count). The second-order valence-electron chi connectivity index (χ2n) is 4.62. The van der Waals surface area contributed by atoms with Crippen molar-refractivity contribution in [3.8, 4) is 0 Å². The molecular formula is C15H19BrIN3. The van der Waals surface area contributed by atoms with Crippen LogP contribution in [0.4, 0.5) is 0 Å². The minimum absolute atomic E-state index is 0.182. The van der Waals surface area contributed by atoms with E-state index < -0.39 is 0 Å². The molecule has 1 aromatic heterocycles. The highest BCUT2D eigenvalue weighted by molar-refractivity contribution is 14.1. The number of nitrogens with zero attached hydrogens (tertiary/aromatic N) is 2. The van der Waals surface area contributed by atoms with Crippen LogP contribution in [-0.2, 0) is 6.54 Å². The zero-order valence-electron chi connectivity index (χ0n) is 11.7. The van der Waals surface area contributed by atoms with Crippen LogP contribution in [0.25, 0.3) is 0 Å². The van der Waals surface area contributed by atoms with E-state index >= 15 is 0 Å². The van der Waals surface area contributed by atoms with E-state index in [0.717, 1.165) is 24.0 Å². The molecule has 108 valence electrons. The smallest absolute Gasteiger partial charge is 0.0758 e. The molecule has 1 N–H and O–H groups in total. The van der Waals surface area contributed by atoms with Crippen molar-refractivity contribution in [2.24, 2.45) is 0 Å². The molecule has 0 radical (unpaired) electrons. The first-order valence-electron chi connectivity index (χ1n) is 6.87. The van der Waals surface area contributed by atoms with Crippen molar-refractivity contribution < 1.29 is 0 Å². The summed E-state index contributed by atoms with van der Waals surface area (Å²) in [6.07, 6.45) is 2.99. The Bertz CT molecular complexity index is 568. The van der Waals surface area contributed by atoms with Gasteiger partial charge < -0.3 is 5.32 Å². The highest BCUT2D eigenvalue weighted by Crippen LogP contribution is 2.29. The van der Waals surface area contributed by atoms with E-state index in [2.05, 4.69) is 91.7 Å². The summed E-state index contributed by atoms with van der Waals surface area (Å²) < 4.78 is 4.44. The van der Waals surface area contributed by atoms with Gasteiger partial charge in [-0.3, -0.25) is 4.68 Å². The number of hydrogen-bond acceptors (Lipinski definition) is 2. The van der Waals surface area contributed by atoms with Crippen LogP contribution in [0.5, 0.6) is 0 Å². The molecule has 0 bridgehead atoms. The second-order valence-corrected chi connectivity index (χ2v) is 6.70. The normalized spacial score (nSPS) is 12.6. The SMILES string of the molecule is CCCNC(c1cc(Br)ccc1I)c1ccnn1CC. The summed E-state index contributed by atoms with van der Waals surface area (Å²) in [6, 6.07) is 8.71. The topological polar surface area (TPSA) is 29.9 Å². The van der Waals surface area contributed by atoms with E-state index in [1.54, 1.807) is 0 Å². The Hall–Kier alpha value is -0.400. The number of hydrogen-bond donors (Lipinski definition) is 1. The number of nitrogens with one attached hydrogen (secondary N) is 1. The van der Waals surface area contributed by atoms with E-state index in [1.165, 1.54) is 14.8 Å². The Labute approximate surface area is 142 Å². The standard InChI is InChI=1S/C15H19BrIN3/c1-3-8-18-15(14-7-9-19-20(14)4-2)12-10-11(16)5-6-13(12)17/h5-7,9-10,15,18H,3-4,8H2,1-2H3. The Balaban J connectivity index is 2.44. The summed E-state index contributed by atoms with van der Waals surface area (Å²) in [6.45, 7) is 6.19. The number of aryl methyl sites for hydroxylation is 1. The molecule has 0 aliphatic carbocycles. The van der Waals surface area contributed by atoms with E-state index in [0.29, 0.717) is 0 Å². The lowest BCUT2D eigenvalue weighted by molar-refractivity contribution is 0.528. The first-order chi connectivity index (χ1) is 9.67. The number of halogens is 2. The van der Waals surface area contributed by atoms with Crippen molar-refractivity contribution in [2.75, 3.05) is 6.54 Å². The van der Waals surface area contributed by atoms with E-state index in [1.807, 2.05) is 6.20 Å². The van der Waals surface area contributed by atoms with Gasteiger partial charge in [0.25, 0.3) is 0 Å². The summed E-state index contributed by atoms with van der Waals surface area (Å²) in [5, 5.41) is 8.05. The van der Waals surface area contributed by atoms with Gasteiger partial charge >= 0.3 is 0 Å². The Kier molecular flexibility index (Phi) is 6.04. The van der Waals surface area contributed by atoms with Crippen LogP contribution in [0, 0.1) is 3.57 Å². The molecule has 1 unspecified atom stereocenters. The molecule has 20 heavy (non-hydrogen) atoms. The Morgan fingerprint density at radius 1 is 1.35 bits per heavy atom. The zero-order valence-corrected chi connectivity index (χ0v) is 15.5. The van der Waals surface area contributed by atoms with Gasteiger partial charge in [0.1, 0.15) is 0 Å². The highest BCUT2D eigenvalue weighted by atomic mass is 127. The molecular weight excluding hydrogens is 429 g/mol. The third kappa shape index (κ3) is 3.62. The highest BCUT2D eigenvalue weighted by Gasteiger charge is 2.19. The maximum Gasteiger partial charge on any atom is 0.0758 e. The van der Waals surface area contributed by atoms with Gasteiger partial charge in [0.15, 0.2) is 0 Å². The van der Waals surface area contributed by atoms with Crippen LogP contribution in [0.15, 0.2) is 34.9 Å². The van der Waals surface area contributed by atoms with Crippen molar-refractivity contribution in [3.05, 3.63) is 49.8 Å². The van der Waals surface area contributed by atoms with Gasteiger partial charge in [0.05, 0.1) is 11.7 Å². The summed E-state index contributed by atoms with van der Waals surface area (Å²) >= 11 is 5.98. The molecule has 1 heterocycles. The molecule has 0 fully saturated rings. The first-order valence-corrected chi connectivity index (χ1v) is 8.74. The molecule has 0 amide bonds. The van der Waals surface area contributed by atoms with Gasteiger partial charge in [-0.1, -0.05) is 22.9 Å². The lowest BCUT2D eigenvalue weighted by atomic mass is 10.0. The fourth-order valence-electron chi connectivity index (χ4n) is 2.25. The summed E-state index contributed by atoms with van der Waals surface area (Å²) in [5.41, 5.74) is 2.51. The van der Waals surface area contributed by atoms with Crippen molar-refractivity contribution in [1.29, 1.82) is 0 Å². The molecule has 1 aromatic carbocycles. The monoisotopic (exact) mass is 447 g/mol. The maximum absolute atomic E-state index is 4.40. The molecule has 0 spiro atoms. The number of benzene rings is 1. The third-order valence-corrected chi connectivity index (χ3v) is 4.69. The molecule has 0 saturated carbocycles. The summed E-state index contributed by atoms with van der Waals surface area (Å²) in [7, 11) is 0. The lowest BCUT2D eigenvalue weighted by Gasteiger charge is -2.21. The van der Waals surface area contributed by atoms with Crippen LogP contribution in [0.2, 0.25) is 0 Å². The Morgan fingerprint density at radius 2 is 2.15 bits per heavy atom. The first kappa shape index (κ1) is 16.0. The summed E-state index contributed by atoms with van der Waals surface area (Å²) in [4.78, 5) is 0. The molecule has 2 aromatic rings. The average Bonchev–Trinajstić information content (AvgIpc) is 2.91. The van der Waals surface area contributed by atoms with Gasteiger partial charge in [-0.05, 0) is 72.3 Å². The largest absolute Gasteiger partial charge is 0.305 e. The van der Waals surface area contributed by atoms with Crippen molar-refractivity contribution >= 4 is 38.5 Å². The molecule has 1 atom stereocenters. The fourth-order valence-corrected chi connectivity index (χ4v) is 3.28. The maximum atomic E-state index is 4.40. The molecule has 0 aliphatic heterocycles. The molecule has 5 heteroatoms. The van der Waals surface area contributed by atoms with Crippen molar-refractivity contribution in [1.82, 2.24) is 15.1 Å². The summed E-state index contributed by atoms with van der Waals surface area (Å²) in [5.74, 6) is 0. The minimum atomic E-state index is 0.182. The van der Waals surface area contributed by atoms with Crippen LogP contribution < -0.4 is 5.32 Å². The van der Waals surface area contributed by atoms with Gasteiger partial charge in [-0.25, -0.2) is 0 Å². The molecule has 0 saturated heterocycles. The van der Waals surface area contributed by atoms with Gasteiger partial charge in [0, 0.05) is 20.8 Å². The quantitative estimate of drug-likeness (QED) is 0.666. The second kappa shape index (κ2) is 7.56. The van der Waals surface area contributed by atoms with Crippen LogP contribution in [0.3, 0.4) is 0 Å². The van der Waals surface area contributed by atoms with Gasteiger partial charge in [0.2, 0.25) is 0 Å². The Morgan fingerprint density at radius 3 is 2.85 bits per heavy atom. The van der Waals surface area contributed by atoms with Gasteiger partial charge in [-0.15, -0.1) is 0 Å². The average molecular weight is 448 g/mol. The van der Waals surface area contributed by atoms with Crippen LogP contribution in [-0.4, -0.2) is 16.3 Å². The third-order valence-electron chi connectivity index (χ3n) is 3.21. The minimum Gasteiger partial charge on any atom is -0.305 e. The van der Waals surface area contributed by atoms with Crippen LogP contribution in [0.1, 0.15) is 37.6 Å². The zero-order chi connectivity index (χ0) is 14.5.